The van der Waals surface area contributed by atoms with Crippen LogP contribution in [0.5, 0.6) is 0 Å². The molecule has 2 heterocycles. The molecule has 0 N–H and O–H groups in total. The SMILES string of the molecule is CCN(c1ccc(CN(C(=O)C2CCN(Cc3ccccc3)CC2)c2ccc(F)cc2)cn1)C1CC1. The fourth-order valence-electron chi connectivity index (χ4n) is 5.17. The van der Waals surface area contributed by atoms with E-state index in [2.05, 4.69) is 53.1 Å². The molecule has 0 atom stereocenters. The van der Waals surface area contributed by atoms with Crippen LogP contribution in [0.3, 0.4) is 0 Å². The van der Waals surface area contributed by atoms with E-state index in [1.54, 1.807) is 12.1 Å². The van der Waals surface area contributed by atoms with E-state index in [0.717, 1.165) is 56.1 Å². The van der Waals surface area contributed by atoms with Crippen molar-refractivity contribution < 1.29 is 9.18 Å². The van der Waals surface area contributed by atoms with E-state index in [1.165, 1.54) is 30.5 Å². The Bertz CT molecular complexity index is 1120. The summed E-state index contributed by atoms with van der Waals surface area (Å²) in [4.78, 5) is 25.0. The number of carbonyl (C=O) groups is 1. The lowest BCUT2D eigenvalue weighted by Gasteiger charge is -2.34. The number of nitrogens with zero attached hydrogens (tertiary/aromatic N) is 4. The largest absolute Gasteiger partial charge is 0.354 e. The van der Waals surface area contributed by atoms with Gasteiger partial charge in [0.1, 0.15) is 11.6 Å². The molecule has 2 aliphatic rings. The number of hydrogen-bond donors (Lipinski definition) is 0. The molecule has 1 aliphatic carbocycles. The lowest BCUT2D eigenvalue weighted by molar-refractivity contribution is -0.124. The number of anilines is 2. The number of piperidine rings is 1. The minimum absolute atomic E-state index is 0.0419. The average Bonchev–Trinajstić information content (AvgIpc) is 3.75. The number of aromatic nitrogens is 1. The van der Waals surface area contributed by atoms with Crippen molar-refractivity contribution in [1.82, 2.24) is 9.88 Å². The Hall–Kier alpha value is -3.25. The first-order valence-electron chi connectivity index (χ1n) is 13.2. The highest BCUT2D eigenvalue weighted by atomic mass is 19.1. The molecule has 0 radical (unpaired) electrons. The quantitative estimate of drug-likeness (QED) is 0.392. The fourth-order valence-corrected chi connectivity index (χ4v) is 5.17. The Morgan fingerprint density at radius 3 is 2.28 bits per heavy atom. The van der Waals surface area contributed by atoms with Crippen molar-refractivity contribution >= 4 is 17.4 Å². The van der Waals surface area contributed by atoms with Crippen LogP contribution in [0.1, 0.15) is 43.7 Å². The summed E-state index contributed by atoms with van der Waals surface area (Å²) in [5.41, 5.74) is 3.00. The Kier molecular flexibility index (Phi) is 7.61. The van der Waals surface area contributed by atoms with Gasteiger partial charge in [0.05, 0.1) is 6.54 Å². The molecule has 2 fully saturated rings. The van der Waals surface area contributed by atoms with E-state index in [0.29, 0.717) is 12.6 Å². The molecule has 1 saturated carbocycles. The second-order valence-electron chi connectivity index (χ2n) is 9.98. The highest BCUT2D eigenvalue weighted by Gasteiger charge is 2.31. The van der Waals surface area contributed by atoms with Gasteiger partial charge in [0, 0.05) is 36.9 Å². The molecule has 1 aliphatic heterocycles. The summed E-state index contributed by atoms with van der Waals surface area (Å²) in [5, 5.41) is 0. The zero-order valence-electron chi connectivity index (χ0n) is 21.0. The molecule has 6 heteroatoms. The number of amides is 1. The lowest BCUT2D eigenvalue weighted by atomic mass is 9.94. The van der Waals surface area contributed by atoms with Crippen molar-refractivity contribution in [3.05, 3.63) is 89.9 Å². The normalized spacial score (nSPS) is 16.6. The third kappa shape index (κ3) is 5.93. The van der Waals surface area contributed by atoms with Gasteiger partial charge in [-0.25, -0.2) is 9.37 Å². The predicted molar refractivity (Wildman–Crippen MR) is 142 cm³/mol. The summed E-state index contributed by atoms with van der Waals surface area (Å²) in [7, 11) is 0. The minimum atomic E-state index is -0.300. The first-order chi connectivity index (χ1) is 17.6. The van der Waals surface area contributed by atoms with Crippen molar-refractivity contribution in [2.24, 2.45) is 5.92 Å². The van der Waals surface area contributed by atoms with Crippen molar-refractivity contribution in [3.8, 4) is 0 Å². The summed E-state index contributed by atoms with van der Waals surface area (Å²) in [6, 6.07) is 21.5. The molecule has 3 aromatic rings. The van der Waals surface area contributed by atoms with Crippen LogP contribution < -0.4 is 9.80 Å². The zero-order valence-corrected chi connectivity index (χ0v) is 21.0. The van der Waals surface area contributed by atoms with Gasteiger partial charge in [-0.3, -0.25) is 9.69 Å². The Morgan fingerprint density at radius 2 is 1.67 bits per heavy atom. The first-order valence-corrected chi connectivity index (χ1v) is 13.2. The summed E-state index contributed by atoms with van der Waals surface area (Å²) in [6.07, 6.45) is 6.00. The van der Waals surface area contributed by atoms with Crippen LogP contribution >= 0.6 is 0 Å². The van der Waals surface area contributed by atoms with Crippen LogP contribution in [-0.4, -0.2) is 41.5 Å². The number of carbonyl (C=O) groups excluding carboxylic acids is 1. The van der Waals surface area contributed by atoms with E-state index < -0.39 is 0 Å². The third-order valence-electron chi connectivity index (χ3n) is 7.36. The Morgan fingerprint density at radius 1 is 0.944 bits per heavy atom. The Labute approximate surface area is 213 Å². The van der Waals surface area contributed by atoms with Gasteiger partial charge in [-0.2, -0.15) is 0 Å². The molecular weight excluding hydrogens is 451 g/mol. The molecule has 2 aromatic carbocycles. The highest BCUT2D eigenvalue weighted by Crippen LogP contribution is 2.31. The molecule has 5 nitrogen and oxygen atoms in total. The van der Waals surface area contributed by atoms with Crippen LogP contribution in [0.4, 0.5) is 15.9 Å². The second kappa shape index (κ2) is 11.2. The van der Waals surface area contributed by atoms with Crippen molar-refractivity contribution in [2.45, 2.75) is 51.7 Å². The topological polar surface area (TPSA) is 39.7 Å². The fraction of sp³-hybridized carbons (Fsp3) is 0.400. The maximum atomic E-state index is 13.8. The molecule has 0 unspecified atom stereocenters. The van der Waals surface area contributed by atoms with Gasteiger partial charge in [-0.1, -0.05) is 36.4 Å². The number of rotatable bonds is 9. The number of pyridine rings is 1. The van der Waals surface area contributed by atoms with Crippen LogP contribution in [-0.2, 0) is 17.9 Å². The van der Waals surface area contributed by atoms with Gasteiger partial charge in [0.2, 0.25) is 5.91 Å². The average molecular weight is 487 g/mol. The van der Waals surface area contributed by atoms with E-state index >= 15 is 0 Å². The molecule has 188 valence electrons. The van der Waals surface area contributed by atoms with Crippen LogP contribution in [0, 0.1) is 11.7 Å². The smallest absolute Gasteiger partial charge is 0.230 e. The summed E-state index contributed by atoms with van der Waals surface area (Å²) >= 11 is 0. The van der Waals surface area contributed by atoms with Crippen LogP contribution in [0.2, 0.25) is 0 Å². The van der Waals surface area contributed by atoms with Gasteiger partial charge in [-0.05, 0) is 87.2 Å². The summed E-state index contributed by atoms with van der Waals surface area (Å²) in [6.45, 7) is 6.24. The molecule has 0 spiro atoms. The zero-order chi connectivity index (χ0) is 24.9. The molecule has 36 heavy (non-hydrogen) atoms. The number of hydrogen-bond acceptors (Lipinski definition) is 4. The summed E-state index contributed by atoms with van der Waals surface area (Å²) in [5.74, 6) is 0.762. The molecule has 5 rings (SSSR count). The van der Waals surface area contributed by atoms with Crippen molar-refractivity contribution in [1.29, 1.82) is 0 Å². The molecule has 1 amide bonds. The highest BCUT2D eigenvalue weighted by molar-refractivity contribution is 5.95. The minimum Gasteiger partial charge on any atom is -0.354 e. The van der Waals surface area contributed by atoms with Gasteiger partial charge < -0.3 is 9.80 Å². The van der Waals surface area contributed by atoms with Gasteiger partial charge in [-0.15, -0.1) is 0 Å². The predicted octanol–water partition coefficient (Wildman–Crippen LogP) is 5.65. The third-order valence-corrected chi connectivity index (χ3v) is 7.36. The monoisotopic (exact) mass is 486 g/mol. The van der Waals surface area contributed by atoms with Crippen molar-refractivity contribution in [2.75, 3.05) is 29.4 Å². The first kappa shape index (κ1) is 24.4. The molecule has 0 bridgehead atoms. The standard InChI is InChI=1S/C30H35FN4O/c1-2-34(27-13-14-27)29-15-8-24(20-32-29)22-35(28-11-9-26(31)10-12-28)30(36)25-16-18-33(19-17-25)21-23-6-4-3-5-7-23/h3-12,15,20,25,27H,2,13-14,16-19,21-22H2,1H3. The Balaban J connectivity index is 1.27. The maximum Gasteiger partial charge on any atom is 0.230 e. The van der Waals surface area contributed by atoms with Gasteiger partial charge in [0.25, 0.3) is 0 Å². The number of halogens is 1. The van der Waals surface area contributed by atoms with Gasteiger partial charge in [0.15, 0.2) is 0 Å². The molecule has 1 aromatic heterocycles. The molecule has 1 saturated heterocycles. The second-order valence-corrected chi connectivity index (χ2v) is 9.98. The van der Waals surface area contributed by atoms with Crippen molar-refractivity contribution in [3.63, 3.8) is 0 Å². The number of likely N-dealkylation sites (tertiary alicyclic amines) is 1. The van der Waals surface area contributed by atoms with E-state index in [9.17, 15) is 9.18 Å². The lowest BCUT2D eigenvalue weighted by Crippen LogP contribution is -2.42. The maximum absolute atomic E-state index is 13.8. The summed E-state index contributed by atoms with van der Waals surface area (Å²) < 4.78 is 13.7. The van der Waals surface area contributed by atoms with E-state index in [1.807, 2.05) is 17.2 Å². The molecular formula is C30H35FN4O. The van der Waals surface area contributed by atoms with E-state index in [-0.39, 0.29) is 17.6 Å². The number of benzene rings is 2. The van der Waals surface area contributed by atoms with Crippen LogP contribution in [0.25, 0.3) is 0 Å². The van der Waals surface area contributed by atoms with Gasteiger partial charge >= 0.3 is 0 Å². The van der Waals surface area contributed by atoms with E-state index in [4.69, 9.17) is 4.98 Å². The van der Waals surface area contributed by atoms with Crippen LogP contribution in [0.15, 0.2) is 72.9 Å².